The van der Waals surface area contributed by atoms with Crippen LogP contribution in [0.2, 0.25) is 0 Å². The van der Waals surface area contributed by atoms with E-state index in [1.54, 1.807) is 7.11 Å². The first-order valence-electron chi connectivity index (χ1n) is 6.16. The van der Waals surface area contributed by atoms with Gasteiger partial charge in [-0.25, -0.2) is 0 Å². The average molecular weight is 237 g/mol. The summed E-state index contributed by atoms with van der Waals surface area (Å²) in [6, 6.07) is 6.25. The van der Waals surface area contributed by atoms with Crippen LogP contribution < -0.4 is 15.2 Å². The van der Waals surface area contributed by atoms with E-state index >= 15 is 0 Å². The van der Waals surface area contributed by atoms with Gasteiger partial charge in [0.15, 0.2) is 11.5 Å². The van der Waals surface area contributed by atoms with Gasteiger partial charge in [0.05, 0.1) is 13.7 Å². The number of unbranched alkanes of at least 4 members (excludes halogenated alkanes) is 1. The average Bonchev–Trinajstić information content (AvgIpc) is 2.29. The predicted octanol–water partition coefficient (Wildman–Crippen LogP) is 2.90. The van der Waals surface area contributed by atoms with Crippen LogP contribution in [-0.4, -0.2) is 19.8 Å². The highest BCUT2D eigenvalue weighted by Crippen LogP contribution is 2.27. The summed E-state index contributed by atoms with van der Waals surface area (Å²) >= 11 is 0. The van der Waals surface area contributed by atoms with E-state index < -0.39 is 0 Å². The SMILES string of the molecule is COc1cc(C)ccc1OCCCCC(C)N. The normalized spacial score (nSPS) is 12.2. The second-order valence-electron chi connectivity index (χ2n) is 4.48. The molecule has 3 nitrogen and oxygen atoms in total. The highest BCUT2D eigenvalue weighted by Gasteiger charge is 2.03. The Kier molecular flexibility index (Phi) is 5.84. The summed E-state index contributed by atoms with van der Waals surface area (Å²) < 4.78 is 11.0. The highest BCUT2D eigenvalue weighted by atomic mass is 16.5. The highest BCUT2D eigenvalue weighted by molar-refractivity contribution is 5.42. The van der Waals surface area contributed by atoms with Crippen molar-refractivity contribution < 1.29 is 9.47 Å². The lowest BCUT2D eigenvalue weighted by Crippen LogP contribution is -2.14. The molecule has 0 aliphatic carbocycles. The third-order valence-electron chi connectivity index (χ3n) is 2.63. The lowest BCUT2D eigenvalue weighted by molar-refractivity contribution is 0.284. The zero-order chi connectivity index (χ0) is 12.7. The molecule has 0 aromatic heterocycles. The fourth-order valence-electron chi connectivity index (χ4n) is 1.64. The quantitative estimate of drug-likeness (QED) is 0.742. The molecule has 1 atom stereocenters. The van der Waals surface area contributed by atoms with Gasteiger partial charge in [0, 0.05) is 6.04 Å². The van der Waals surface area contributed by atoms with Gasteiger partial charge in [-0.05, 0) is 50.8 Å². The van der Waals surface area contributed by atoms with Crippen molar-refractivity contribution >= 4 is 0 Å². The number of benzene rings is 1. The van der Waals surface area contributed by atoms with Gasteiger partial charge in [-0.2, -0.15) is 0 Å². The molecule has 0 aliphatic heterocycles. The first-order chi connectivity index (χ1) is 8.13. The molecule has 2 N–H and O–H groups in total. The molecule has 0 saturated heterocycles. The molecule has 0 saturated carbocycles. The Morgan fingerprint density at radius 2 is 2.00 bits per heavy atom. The third kappa shape index (κ3) is 5.09. The summed E-state index contributed by atoms with van der Waals surface area (Å²) in [5, 5.41) is 0. The minimum Gasteiger partial charge on any atom is -0.493 e. The van der Waals surface area contributed by atoms with E-state index in [4.69, 9.17) is 15.2 Å². The molecule has 96 valence electrons. The van der Waals surface area contributed by atoms with Gasteiger partial charge in [-0.15, -0.1) is 0 Å². The van der Waals surface area contributed by atoms with Crippen molar-refractivity contribution in [1.29, 1.82) is 0 Å². The van der Waals surface area contributed by atoms with E-state index in [0.717, 1.165) is 30.8 Å². The number of methoxy groups -OCH3 is 1. The number of hydrogen-bond donors (Lipinski definition) is 1. The van der Waals surface area contributed by atoms with Crippen molar-refractivity contribution in [1.82, 2.24) is 0 Å². The number of aryl methyl sites for hydroxylation is 1. The molecule has 0 amide bonds. The zero-order valence-corrected chi connectivity index (χ0v) is 11.0. The molecule has 0 fully saturated rings. The molecular weight excluding hydrogens is 214 g/mol. The molecule has 1 aromatic carbocycles. The molecule has 3 heteroatoms. The maximum absolute atomic E-state index is 5.70. The van der Waals surface area contributed by atoms with Crippen molar-refractivity contribution in [3.05, 3.63) is 23.8 Å². The van der Waals surface area contributed by atoms with Crippen molar-refractivity contribution in [3.8, 4) is 11.5 Å². The Balaban J connectivity index is 2.36. The number of hydrogen-bond acceptors (Lipinski definition) is 3. The molecule has 0 bridgehead atoms. The maximum atomic E-state index is 5.70. The van der Waals surface area contributed by atoms with E-state index in [1.807, 2.05) is 32.0 Å². The Hall–Kier alpha value is -1.22. The van der Waals surface area contributed by atoms with E-state index in [2.05, 4.69) is 0 Å². The fourth-order valence-corrected chi connectivity index (χ4v) is 1.64. The van der Waals surface area contributed by atoms with Gasteiger partial charge in [-0.3, -0.25) is 0 Å². The smallest absolute Gasteiger partial charge is 0.161 e. The third-order valence-corrected chi connectivity index (χ3v) is 2.63. The maximum Gasteiger partial charge on any atom is 0.161 e. The molecule has 0 spiro atoms. The number of rotatable bonds is 7. The summed E-state index contributed by atoms with van der Waals surface area (Å²) in [6.45, 7) is 4.78. The minimum absolute atomic E-state index is 0.281. The molecule has 1 unspecified atom stereocenters. The summed E-state index contributed by atoms with van der Waals surface area (Å²) in [4.78, 5) is 0. The van der Waals surface area contributed by atoms with Gasteiger partial charge in [0.1, 0.15) is 0 Å². The lowest BCUT2D eigenvalue weighted by Gasteiger charge is -2.11. The van der Waals surface area contributed by atoms with Gasteiger partial charge in [0.2, 0.25) is 0 Å². The molecule has 0 radical (unpaired) electrons. The molecule has 17 heavy (non-hydrogen) atoms. The summed E-state index contributed by atoms with van der Waals surface area (Å²) in [6.07, 6.45) is 3.18. The first-order valence-corrected chi connectivity index (χ1v) is 6.16. The van der Waals surface area contributed by atoms with Crippen molar-refractivity contribution in [2.75, 3.05) is 13.7 Å². The van der Waals surface area contributed by atoms with Crippen LogP contribution in [0.1, 0.15) is 31.7 Å². The van der Waals surface area contributed by atoms with E-state index in [-0.39, 0.29) is 6.04 Å². The van der Waals surface area contributed by atoms with Crippen LogP contribution in [0.3, 0.4) is 0 Å². The molecule has 1 rings (SSSR count). The Bertz CT molecular complexity index is 337. The van der Waals surface area contributed by atoms with Crippen molar-refractivity contribution in [3.63, 3.8) is 0 Å². The standard InChI is InChI=1S/C14H23NO2/c1-11-7-8-13(14(10-11)16-3)17-9-5-4-6-12(2)15/h7-8,10,12H,4-6,9,15H2,1-3H3. The van der Waals surface area contributed by atoms with E-state index in [9.17, 15) is 0 Å². The van der Waals surface area contributed by atoms with Crippen LogP contribution in [0.15, 0.2) is 18.2 Å². The van der Waals surface area contributed by atoms with E-state index in [0.29, 0.717) is 6.61 Å². The second kappa shape index (κ2) is 7.17. The minimum atomic E-state index is 0.281. The van der Waals surface area contributed by atoms with Crippen LogP contribution in [-0.2, 0) is 0 Å². The second-order valence-corrected chi connectivity index (χ2v) is 4.48. The topological polar surface area (TPSA) is 44.5 Å². The van der Waals surface area contributed by atoms with Crippen molar-refractivity contribution in [2.45, 2.75) is 39.2 Å². The van der Waals surface area contributed by atoms with Crippen LogP contribution >= 0.6 is 0 Å². The largest absolute Gasteiger partial charge is 0.493 e. The molecule has 0 heterocycles. The van der Waals surface area contributed by atoms with Crippen molar-refractivity contribution in [2.24, 2.45) is 5.73 Å². The molecule has 1 aromatic rings. The monoisotopic (exact) mass is 237 g/mol. The Labute approximate surface area is 104 Å². The van der Waals surface area contributed by atoms with Crippen LogP contribution in [0.25, 0.3) is 0 Å². The molecule has 0 aliphatic rings. The Morgan fingerprint density at radius 1 is 1.24 bits per heavy atom. The lowest BCUT2D eigenvalue weighted by atomic mass is 10.1. The summed E-state index contributed by atoms with van der Waals surface area (Å²) in [7, 11) is 1.66. The van der Waals surface area contributed by atoms with Crippen LogP contribution in [0, 0.1) is 6.92 Å². The van der Waals surface area contributed by atoms with Gasteiger partial charge >= 0.3 is 0 Å². The summed E-state index contributed by atoms with van der Waals surface area (Å²) in [5.74, 6) is 1.62. The fraction of sp³-hybridized carbons (Fsp3) is 0.571. The number of ether oxygens (including phenoxy) is 2. The van der Waals surface area contributed by atoms with E-state index in [1.165, 1.54) is 5.56 Å². The van der Waals surface area contributed by atoms with Gasteiger partial charge in [0.25, 0.3) is 0 Å². The van der Waals surface area contributed by atoms with Crippen LogP contribution in [0.5, 0.6) is 11.5 Å². The van der Waals surface area contributed by atoms with Gasteiger partial charge in [-0.1, -0.05) is 6.07 Å². The summed E-state index contributed by atoms with van der Waals surface area (Å²) in [5.41, 5.74) is 6.86. The van der Waals surface area contributed by atoms with Gasteiger partial charge < -0.3 is 15.2 Å². The zero-order valence-electron chi connectivity index (χ0n) is 11.0. The molecular formula is C14H23NO2. The Morgan fingerprint density at radius 3 is 2.65 bits per heavy atom. The predicted molar refractivity (Wildman–Crippen MR) is 70.7 cm³/mol. The van der Waals surface area contributed by atoms with Crippen LogP contribution in [0.4, 0.5) is 0 Å². The number of nitrogens with two attached hydrogens (primary N) is 1. The first kappa shape index (κ1) is 13.8.